The number of hydrogen-bond acceptors (Lipinski definition) is 7. The number of aromatic nitrogens is 4. The van der Waals surface area contributed by atoms with Crippen LogP contribution in [0.3, 0.4) is 0 Å². The van der Waals surface area contributed by atoms with Gasteiger partial charge in [-0.05, 0) is 37.6 Å². The highest BCUT2D eigenvalue weighted by molar-refractivity contribution is 5.73. The minimum atomic E-state index is 0.114. The molecule has 0 saturated carbocycles. The van der Waals surface area contributed by atoms with Crippen LogP contribution in [-0.2, 0) is 4.79 Å². The Hall–Kier alpha value is -3.93. The van der Waals surface area contributed by atoms with Crippen LogP contribution in [0, 0.1) is 25.2 Å². The molecule has 1 aliphatic heterocycles. The van der Waals surface area contributed by atoms with Crippen molar-refractivity contribution < 1.29 is 4.79 Å². The van der Waals surface area contributed by atoms with Crippen molar-refractivity contribution >= 4 is 23.4 Å². The molecule has 0 atom stereocenters. The largest absolute Gasteiger partial charge is 0.353 e. The Morgan fingerprint density at radius 1 is 1.16 bits per heavy atom. The van der Waals surface area contributed by atoms with Gasteiger partial charge in [0, 0.05) is 50.6 Å². The van der Waals surface area contributed by atoms with E-state index in [1.807, 2.05) is 36.9 Å². The van der Waals surface area contributed by atoms with Crippen molar-refractivity contribution in [3.05, 3.63) is 47.5 Å². The lowest BCUT2D eigenvalue weighted by atomic mass is 10.1. The highest BCUT2D eigenvalue weighted by atomic mass is 16.2. The van der Waals surface area contributed by atoms with Gasteiger partial charge >= 0.3 is 0 Å². The lowest BCUT2D eigenvalue weighted by Crippen LogP contribution is -2.48. The second kappa shape index (κ2) is 8.44. The quantitative estimate of drug-likeness (QED) is 0.672. The standard InChI is InChI=1S/C22H24N8O/c1-14-19(12-23)26-15(2)21(14)18-6-7-24-22(28-18)27-17-4-5-20(25-13-17)30-10-8-29(9-11-30)16(3)31/h4-7,13,26H,8-11H2,1-3H3,(H,24,27,28). The fraction of sp³-hybridized carbons (Fsp3) is 0.318. The molecule has 9 nitrogen and oxygen atoms in total. The van der Waals surface area contributed by atoms with Gasteiger partial charge in [-0.25, -0.2) is 15.0 Å². The van der Waals surface area contributed by atoms with Crippen molar-refractivity contribution in [3.63, 3.8) is 0 Å². The zero-order chi connectivity index (χ0) is 22.0. The summed E-state index contributed by atoms with van der Waals surface area (Å²) in [5, 5.41) is 12.4. The van der Waals surface area contributed by atoms with Gasteiger partial charge in [-0.1, -0.05) is 0 Å². The molecule has 158 valence electrons. The summed E-state index contributed by atoms with van der Waals surface area (Å²) in [6, 6.07) is 7.90. The van der Waals surface area contributed by atoms with E-state index in [4.69, 9.17) is 0 Å². The molecule has 0 unspecified atom stereocenters. The van der Waals surface area contributed by atoms with Crippen LogP contribution in [0.5, 0.6) is 0 Å². The van der Waals surface area contributed by atoms with Crippen molar-refractivity contribution in [3.8, 4) is 17.3 Å². The number of H-pyrrole nitrogens is 1. The van der Waals surface area contributed by atoms with Crippen LogP contribution in [0.4, 0.5) is 17.5 Å². The first kappa shape index (κ1) is 20.3. The monoisotopic (exact) mass is 416 g/mol. The summed E-state index contributed by atoms with van der Waals surface area (Å²) >= 11 is 0. The van der Waals surface area contributed by atoms with Crippen LogP contribution < -0.4 is 10.2 Å². The molecule has 31 heavy (non-hydrogen) atoms. The fourth-order valence-electron chi connectivity index (χ4n) is 3.83. The summed E-state index contributed by atoms with van der Waals surface area (Å²) < 4.78 is 0. The predicted octanol–water partition coefficient (Wildman–Crippen LogP) is 2.77. The summed E-state index contributed by atoms with van der Waals surface area (Å²) in [5.74, 6) is 1.45. The van der Waals surface area contributed by atoms with E-state index in [0.717, 1.165) is 47.1 Å². The zero-order valence-corrected chi connectivity index (χ0v) is 17.8. The number of anilines is 3. The highest BCUT2D eigenvalue weighted by Crippen LogP contribution is 2.28. The Labute approximate surface area is 180 Å². The minimum absolute atomic E-state index is 0.114. The van der Waals surface area contributed by atoms with Crippen LogP contribution in [-0.4, -0.2) is 56.9 Å². The lowest BCUT2D eigenvalue weighted by molar-refractivity contribution is -0.129. The van der Waals surface area contributed by atoms with Crippen molar-refractivity contribution in [2.45, 2.75) is 20.8 Å². The molecule has 1 fully saturated rings. The zero-order valence-electron chi connectivity index (χ0n) is 17.8. The molecule has 9 heteroatoms. The number of pyridine rings is 1. The third-order valence-corrected chi connectivity index (χ3v) is 5.51. The highest BCUT2D eigenvalue weighted by Gasteiger charge is 2.19. The third kappa shape index (κ3) is 4.19. The van der Waals surface area contributed by atoms with E-state index in [-0.39, 0.29) is 5.91 Å². The first-order valence-electron chi connectivity index (χ1n) is 10.1. The van der Waals surface area contributed by atoms with Gasteiger partial charge in [-0.15, -0.1) is 0 Å². The number of rotatable bonds is 4. The molecule has 0 aliphatic carbocycles. The molecule has 3 aromatic heterocycles. The Bertz CT molecular complexity index is 1140. The molecule has 4 heterocycles. The van der Waals surface area contributed by atoms with Crippen LogP contribution in [0.15, 0.2) is 30.6 Å². The lowest BCUT2D eigenvalue weighted by Gasteiger charge is -2.34. The number of nitrogens with one attached hydrogen (secondary N) is 2. The van der Waals surface area contributed by atoms with E-state index >= 15 is 0 Å². The third-order valence-electron chi connectivity index (χ3n) is 5.51. The molecule has 3 aromatic rings. The van der Waals surface area contributed by atoms with Gasteiger partial charge in [-0.2, -0.15) is 5.26 Å². The SMILES string of the molecule is CC(=O)N1CCN(c2ccc(Nc3nccc(-c4c(C)[nH]c(C#N)c4C)n3)cn2)CC1. The molecule has 1 aliphatic rings. The Morgan fingerprint density at radius 3 is 2.55 bits per heavy atom. The van der Waals surface area contributed by atoms with Gasteiger partial charge in [0.25, 0.3) is 0 Å². The van der Waals surface area contributed by atoms with Gasteiger partial charge in [-0.3, -0.25) is 4.79 Å². The van der Waals surface area contributed by atoms with Crippen molar-refractivity contribution in [1.82, 2.24) is 24.8 Å². The van der Waals surface area contributed by atoms with Gasteiger partial charge in [0.15, 0.2) is 0 Å². The number of aryl methyl sites for hydroxylation is 1. The van der Waals surface area contributed by atoms with E-state index in [0.29, 0.717) is 24.7 Å². The summed E-state index contributed by atoms with van der Waals surface area (Å²) in [6.07, 6.45) is 3.45. The second-order valence-electron chi connectivity index (χ2n) is 7.53. The molecule has 0 spiro atoms. The topological polar surface area (TPSA) is 114 Å². The fourth-order valence-corrected chi connectivity index (χ4v) is 3.83. The number of carbonyl (C=O) groups is 1. The van der Waals surface area contributed by atoms with Gasteiger partial charge < -0.3 is 20.1 Å². The summed E-state index contributed by atoms with van der Waals surface area (Å²) in [4.78, 5) is 32.1. The molecular formula is C22H24N8O. The maximum absolute atomic E-state index is 11.5. The normalized spacial score (nSPS) is 13.7. The molecule has 1 amide bonds. The first-order valence-corrected chi connectivity index (χ1v) is 10.1. The average Bonchev–Trinajstić information content (AvgIpc) is 3.07. The van der Waals surface area contributed by atoms with Gasteiger partial charge in [0.05, 0.1) is 17.6 Å². The van der Waals surface area contributed by atoms with Crippen molar-refractivity contribution in [2.24, 2.45) is 0 Å². The Balaban J connectivity index is 1.47. The number of hydrogen-bond donors (Lipinski definition) is 2. The maximum atomic E-state index is 11.5. The van der Waals surface area contributed by atoms with E-state index in [2.05, 4.69) is 36.2 Å². The first-order chi connectivity index (χ1) is 15.0. The van der Waals surface area contributed by atoms with Gasteiger partial charge in [0.2, 0.25) is 11.9 Å². The second-order valence-corrected chi connectivity index (χ2v) is 7.53. The Morgan fingerprint density at radius 2 is 1.94 bits per heavy atom. The maximum Gasteiger partial charge on any atom is 0.227 e. The number of nitrogens with zero attached hydrogens (tertiary/aromatic N) is 6. The summed E-state index contributed by atoms with van der Waals surface area (Å²) in [6.45, 7) is 8.40. The molecular weight excluding hydrogens is 392 g/mol. The van der Waals surface area contributed by atoms with E-state index in [1.165, 1.54) is 0 Å². The molecule has 4 rings (SSSR count). The molecule has 0 radical (unpaired) electrons. The van der Waals surface area contributed by atoms with Crippen LogP contribution in [0.1, 0.15) is 23.9 Å². The number of piperazine rings is 1. The average molecular weight is 416 g/mol. The van der Waals surface area contributed by atoms with Crippen LogP contribution in [0.25, 0.3) is 11.3 Å². The number of carbonyl (C=O) groups excluding carboxylic acids is 1. The summed E-state index contributed by atoms with van der Waals surface area (Å²) in [5.41, 5.74) is 4.77. The van der Waals surface area contributed by atoms with E-state index in [9.17, 15) is 10.1 Å². The molecule has 1 saturated heterocycles. The molecule has 2 N–H and O–H groups in total. The number of amides is 1. The predicted molar refractivity (Wildman–Crippen MR) is 118 cm³/mol. The van der Waals surface area contributed by atoms with E-state index < -0.39 is 0 Å². The van der Waals surface area contributed by atoms with Crippen molar-refractivity contribution in [1.29, 1.82) is 5.26 Å². The van der Waals surface area contributed by atoms with Crippen molar-refractivity contribution in [2.75, 3.05) is 36.4 Å². The minimum Gasteiger partial charge on any atom is -0.353 e. The van der Waals surface area contributed by atoms with Gasteiger partial charge in [0.1, 0.15) is 17.6 Å². The molecule has 0 bridgehead atoms. The van der Waals surface area contributed by atoms with Crippen LogP contribution in [0.2, 0.25) is 0 Å². The molecule has 0 aromatic carbocycles. The van der Waals surface area contributed by atoms with E-state index in [1.54, 1.807) is 19.3 Å². The summed E-state index contributed by atoms with van der Waals surface area (Å²) in [7, 11) is 0. The Kier molecular flexibility index (Phi) is 5.54. The number of nitriles is 1. The number of aromatic amines is 1. The smallest absolute Gasteiger partial charge is 0.227 e. The van der Waals surface area contributed by atoms with Crippen LogP contribution >= 0.6 is 0 Å².